The van der Waals surface area contributed by atoms with Gasteiger partial charge < -0.3 is 5.32 Å². The Kier molecular flexibility index (Phi) is 5.20. The third kappa shape index (κ3) is 4.59. The van der Waals surface area contributed by atoms with Crippen LogP contribution in [-0.2, 0) is 4.79 Å². The van der Waals surface area contributed by atoms with E-state index in [0.29, 0.717) is 18.3 Å². The molecule has 0 spiro atoms. The topological polar surface area (TPSA) is 29.1 Å². The fourth-order valence-corrected chi connectivity index (χ4v) is 2.07. The first-order chi connectivity index (χ1) is 8.02. The van der Waals surface area contributed by atoms with E-state index in [1.54, 1.807) is 7.05 Å². The lowest BCUT2D eigenvalue weighted by Gasteiger charge is -2.19. The van der Waals surface area contributed by atoms with E-state index in [9.17, 15) is 4.79 Å². The highest BCUT2D eigenvalue weighted by atomic mass is 16.1. The maximum absolute atomic E-state index is 11.5. The van der Waals surface area contributed by atoms with E-state index in [1.165, 1.54) is 11.1 Å². The molecular weight excluding hydrogens is 210 g/mol. The average molecular weight is 233 g/mol. The lowest BCUT2D eigenvalue weighted by Crippen LogP contribution is -2.21. The summed E-state index contributed by atoms with van der Waals surface area (Å²) in [5.74, 6) is 1.05. The van der Waals surface area contributed by atoms with Gasteiger partial charge in [0.2, 0.25) is 5.91 Å². The molecule has 17 heavy (non-hydrogen) atoms. The molecule has 2 nitrogen and oxygen atoms in total. The maximum atomic E-state index is 11.5. The largest absolute Gasteiger partial charge is 0.359 e. The van der Waals surface area contributed by atoms with Gasteiger partial charge in [-0.15, -0.1) is 0 Å². The predicted molar refractivity (Wildman–Crippen MR) is 72.1 cm³/mol. The lowest BCUT2D eigenvalue weighted by atomic mass is 9.87. The van der Waals surface area contributed by atoms with Crippen LogP contribution in [0.5, 0.6) is 0 Å². The first-order valence-electron chi connectivity index (χ1n) is 6.30. The molecule has 0 radical (unpaired) electrons. The van der Waals surface area contributed by atoms with Crippen LogP contribution < -0.4 is 5.32 Å². The van der Waals surface area contributed by atoms with E-state index in [1.807, 2.05) is 0 Å². The van der Waals surface area contributed by atoms with Crippen molar-refractivity contribution in [2.45, 2.75) is 39.5 Å². The third-order valence-corrected chi connectivity index (χ3v) is 3.02. The fourth-order valence-electron chi connectivity index (χ4n) is 2.07. The summed E-state index contributed by atoms with van der Waals surface area (Å²) < 4.78 is 0. The molecule has 94 valence electrons. The number of nitrogens with one attached hydrogen (secondary N) is 1. The number of benzene rings is 1. The van der Waals surface area contributed by atoms with Crippen molar-refractivity contribution >= 4 is 5.91 Å². The maximum Gasteiger partial charge on any atom is 0.220 e. The minimum absolute atomic E-state index is 0.122. The highest BCUT2D eigenvalue weighted by Gasteiger charge is 2.16. The van der Waals surface area contributed by atoms with Gasteiger partial charge in [0.1, 0.15) is 0 Å². The molecule has 0 aromatic heterocycles. The highest BCUT2D eigenvalue weighted by Crippen LogP contribution is 2.27. The van der Waals surface area contributed by atoms with Crippen molar-refractivity contribution in [1.82, 2.24) is 5.32 Å². The quantitative estimate of drug-likeness (QED) is 0.831. The van der Waals surface area contributed by atoms with Crippen LogP contribution in [0.3, 0.4) is 0 Å². The Morgan fingerprint density at radius 1 is 1.24 bits per heavy atom. The Hall–Kier alpha value is -1.31. The molecule has 1 N–H and O–H groups in total. The Morgan fingerprint density at radius 3 is 2.29 bits per heavy atom. The van der Waals surface area contributed by atoms with Crippen LogP contribution >= 0.6 is 0 Å². The molecule has 0 aliphatic rings. The summed E-state index contributed by atoms with van der Waals surface area (Å²) in [4.78, 5) is 11.5. The number of aryl methyl sites for hydroxylation is 1. The van der Waals surface area contributed by atoms with Gasteiger partial charge in [-0.1, -0.05) is 43.7 Å². The molecule has 0 bridgehead atoms. The van der Waals surface area contributed by atoms with E-state index in [2.05, 4.69) is 50.4 Å². The van der Waals surface area contributed by atoms with Crippen molar-refractivity contribution in [1.29, 1.82) is 0 Å². The molecule has 1 rings (SSSR count). The van der Waals surface area contributed by atoms with Gasteiger partial charge in [0.05, 0.1) is 0 Å². The number of hydrogen-bond donors (Lipinski definition) is 1. The predicted octanol–water partition coefficient (Wildman–Crippen LogP) is 3.26. The zero-order valence-electron chi connectivity index (χ0n) is 11.3. The normalized spacial score (nSPS) is 12.5. The van der Waals surface area contributed by atoms with Crippen LogP contribution in [0.1, 0.15) is 43.7 Å². The SMILES string of the molecule is CNC(=O)CC(CC(C)C)c1ccc(C)cc1. The van der Waals surface area contributed by atoms with Gasteiger partial charge in [-0.2, -0.15) is 0 Å². The van der Waals surface area contributed by atoms with Gasteiger partial charge in [-0.3, -0.25) is 4.79 Å². The van der Waals surface area contributed by atoms with Gasteiger partial charge in [-0.05, 0) is 30.7 Å². The number of hydrogen-bond acceptors (Lipinski definition) is 1. The molecule has 0 fully saturated rings. The van der Waals surface area contributed by atoms with Gasteiger partial charge in [-0.25, -0.2) is 0 Å². The second-order valence-electron chi connectivity index (χ2n) is 5.11. The molecule has 0 saturated carbocycles. The molecule has 1 atom stereocenters. The minimum atomic E-state index is 0.122. The number of carbonyl (C=O) groups is 1. The van der Waals surface area contributed by atoms with Crippen molar-refractivity contribution in [3.63, 3.8) is 0 Å². The summed E-state index contributed by atoms with van der Waals surface area (Å²) in [6.45, 7) is 6.48. The Bertz CT molecular complexity index is 354. The van der Waals surface area contributed by atoms with Gasteiger partial charge in [0.25, 0.3) is 0 Å². The van der Waals surface area contributed by atoms with Crippen molar-refractivity contribution in [3.05, 3.63) is 35.4 Å². The summed E-state index contributed by atoms with van der Waals surface area (Å²) in [6.07, 6.45) is 1.63. The summed E-state index contributed by atoms with van der Waals surface area (Å²) in [5, 5.41) is 2.71. The lowest BCUT2D eigenvalue weighted by molar-refractivity contribution is -0.121. The summed E-state index contributed by atoms with van der Waals surface area (Å²) >= 11 is 0. The van der Waals surface area contributed by atoms with Crippen LogP contribution in [0.25, 0.3) is 0 Å². The molecule has 0 heterocycles. The molecule has 1 amide bonds. The molecule has 1 unspecified atom stereocenters. The Labute approximate surface area is 104 Å². The van der Waals surface area contributed by atoms with Crippen molar-refractivity contribution < 1.29 is 4.79 Å². The van der Waals surface area contributed by atoms with E-state index >= 15 is 0 Å². The zero-order chi connectivity index (χ0) is 12.8. The molecule has 0 aliphatic carbocycles. The third-order valence-electron chi connectivity index (χ3n) is 3.02. The van der Waals surface area contributed by atoms with E-state index in [-0.39, 0.29) is 5.91 Å². The fraction of sp³-hybridized carbons (Fsp3) is 0.533. The van der Waals surface area contributed by atoms with Crippen molar-refractivity contribution in [2.24, 2.45) is 5.92 Å². The molecule has 0 saturated heterocycles. The van der Waals surface area contributed by atoms with Crippen molar-refractivity contribution in [3.8, 4) is 0 Å². The molecule has 1 aromatic rings. The molecule has 0 aliphatic heterocycles. The van der Waals surface area contributed by atoms with Gasteiger partial charge >= 0.3 is 0 Å². The second kappa shape index (κ2) is 6.43. The van der Waals surface area contributed by atoms with Crippen LogP contribution in [0.15, 0.2) is 24.3 Å². The summed E-state index contributed by atoms with van der Waals surface area (Å²) in [6, 6.07) is 8.52. The molecule has 2 heteroatoms. The van der Waals surface area contributed by atoms with E-state index in [4.69, 9.17) is 0 Å². The monoisotopic (exact) mass is 233 g/mol. The Balaban J connectivity index is 2.81. The van der Waals surface area contributed by atoms with Crippen molar-refractivity contribution in [2.75, 3.05) is 7.05 Å². The Morgan fingerprint density at radius 2 is 1.82 bits per heavy atom. The molecule has 1 aromatic carbocycles. The average Bonchev–Trinajstić information content (AvgIpc) is 2.28. The number of carbonyl (C=O) groups excluding carboxylic acids is 1. The zero-order valence-corrected chi connectivity index (χ0v) is 11.3. The number of rotatable bonds is 5. The summed E-state index contributed by atoms with van der Waals surface area (Å²) in [5.41, 5.74) is 2.53. The van der Waals surface area contributed by atoms with Crippen LogP contribution in [0.4, 0.5) is 0 Å². The van der Waals surface area contributed by atoms with Crippen LogP contribution in [-0.4, -0.2) is 13.0 Å². The van der Waals surface area contributed by atoms with Gasteiger partial charge in [0.15, 0.2) is 0 Å². The van der Waals surface area contributed by atoms with Crippen LogP contribution in [0, 0.1) is 12.8 Å². The highest BCUT2D eigenvalue weighted by molar-refractivity contribution is 5.76. The van der Waals surface area contributed by atoms with E-state index in [0.717, 1.165) is 6.42 Å². The summed E-state index contributed by atoms with van der Waals surface area (Å²) in [7, 11) is 1.70. The van der Waals surface area contributed by atoms with E-state index < -0.39 is 0 Å². The molecular formula is C15H23NO. The minimum Gasteiger partial charge on any atom is -0.359 e. The first-order valence-corrected chi connectivity index (χ1v) is 6.30. The smallest absolute Gasteiger partial charge is 0.220 e. The van der Waals surface area contributed by atoms with Crippen LogP contribution in [0.2, 0.25) is 0 Å². The first kappa shape index (κ1) is 13.8. The second-order valence-corrected chi connectivity index (χ2v) is 5.11. The van der Waals surface area contributed by atoms with Gasteiger partial charge in [0, 0.05) is 13.5 Å². The standard InChI is InChI=1S/C15H23NO/c1-11(2)9-14(10-15(17)16-4)13-7-5-12(3)6-8-13/h5-8,11,14H,9-10H2,1-4H3,(H,16,17). The number of amides is 1.